The van der Waals surface area contributed by atoms with E-state index < -0.39 is 12.0 Å². The van der Waals surface area contributed by atoms with Crippen LogP contribution in [0.4, 0.5) is 0 Å². The second kappa shape index (κ2) is 6.38. The van der Waals surface area contributed by atoms with Gasteiger partial charge in [0.15, 0.2) is 0 Å². The maximum absolute atomic E-state index is 11.2. The van der Waals surface area contributed by atoms with Crippen LogP contribution in [0.2, 0.25) is 5.02 Å². The topological polar surface area (TPSA) is 49.3 Å². The van der Waals surface area contributed by atoms with Crippen molar-refractivity contribution in [1.29, 1.82) is 0 Å². The first-order chi connectivity index (χ1) is 7.91. The summed E-state index contributed by atoms with van der Waals surface area (Å²) in [7, 11) is 0. The van der Waals surface area contributed by atoms with Gasteiger partial charge in [-0.3, -0.25) is 4.79 Å². The van der Waals surface area contributed by atoms with Gasteiger partial charge in [-0.2, -0.15) is 0 Å². The van der Waals surface area contributed by atoms with Gasteiger partial charge in [-0.15, -0.1) is 0 Å². The Morgan fingerprint density at radius 2 is 2.18 bits per heavy atom. The van der Waals surface area contributed by atoms with Gasteiger partial charge in [0.1, 0.15) is 6.04 Å². The van der Waals surface area contributed by atoms with E-state index in [1.54, 1.807) is 18.2 Å². The number of carboxylic acids is 1. The summed E-state index contributed by atoms with van der Waals surface area (Å²) in [6, 6.07) is 4.44. The number of hydrogen-bond acceptors (Lipinski definition) is 2. The quantitative estimate of drug-likeness (QED) is 0.873. The third-order valence-corrected chi connectivity index (χ3v) is 3.07. The summed E-state index contributed by atoms with van der Waals surface area (Å²) in [4.78, 5) is 11.2. The fourth-order valence-electron chi connectivity index (χ4n) is 1.42. The number of carboxylic acid groups (broad SMARTS) is 1. The molecule has 0 aliphatic heterocycles. The van der Waals surface area contributed by atoms with Gasteiger partial charge in [0.2, 0.25) is 0 Å². The van der Waals surface area contributed by atoms with Crippen molar-refractivity contribution < 1.29 is 9.90 Å². The summed E-state index contributed by atoms with van der Waals surface area (Å²) in [5.74, 6) is -0.541. The van der Waals surface area contributed by atoms with Crippen LogP contribution in [-0.2, 0) is 4.79 Å². The minimum absolute atomic E-state index is 0.381. The molecular formula is C12H15BrClNO2. The van der Waals surface area contributed by atoms with E-state index in [0.717, 1.165) is 4.47 Å². The molecule has 5 heteroatoms. The summed E-state index contributed by atoms with van der Waals surface area (Å²) in [6.07, 6.45) is 0. The normalized spacial score (nSPS) is 12.8. The number of rotatable bonds is 5. The number of aliphatic carboxylic acids is 1. The first kappa shape index (κ1) is 14.5. The smallest absolute Gasteiger partial charge is 0.325 e. The lowest BCUT2D eigenvalue weighted by atomic mass is 10.1. The largest absolute Gasteiger partial charge is 0.480 e. The fraction of sp³-hybridized carbons (Fsp3) is 0.417. The number of benzene rings is 1. The third-order valence-electron chi connectivity index (χ3n) is 2.25. The van der Waals surface area contributed by atoms with Crippen molar-refractivity contribution in [3.05, 3.63) is 33.3 Å². The average molecular weight is 321 g/mol. The molecule has 0 fully saturated rings. The van der Waals surface area contributed by atoms with Crippen molar-refractivity contribution >= 4 is 33.5 Å². The Bertz CT molecular complexity index is 409. The Morgan fingerprint density at radius 3 is 2.65 bits per heavy atom. The molecule has 0 amide bonds. The van der Waals surface area contributed by atoms with Gasteiger partial charge in [-0.05, 0) is 30.2 Å². The van der Waals surface area contributed by atoms with Crippen LogP contribution in [0.3, 0.4) is 0 Å². The molecule has 1 aromatic rings. The number of halogens is 2. The highest BCUT2D eigenvalue weighted by atomic mass is 79.9. The Labute approximate surface area is 114 Å². The van der Waals surface area contributed by atoms with Gasteiger partial charge in [0, 0.05) is 9.50 Å². The molecule has 1 rings (SSSR count). The monoisotopic (exact) mass is 319 g/mol. The molecule has 2 N–H and O–H groups in total. The first-order valence-electron chi connectivity index (χ1n) is 5.33. The van der Waals surface area contributed by atoms with E-state index in [-0.39, 0.29) is 0 Å². The summed E-state index contributed by atoms with van der Waals surface area (Å²) in [5.41, 5.74) is 0.586. The lowest BCUT2D eigenvalue weighted by Gasteiger charge is -2.17. The van der Waals surface area contributed by atoms with Gasteiger partial charge in [-0.1, -0.05) is 47.4 Å². The maximum Gasteiger partial charge on any atom is 0.325 e. The van der Waals surface area contributed by atoms with Gasteiger partial charge >= 0.3 is 5.97 Å². The zero-order valence-electron chi connectivity index (χ0n) is 9.71. The lowest BCUT2D eigenvalue weighted by Crippen LogP contribution is -2.31. The number of nitrogens with one attached hydrogen (secondary N) is 1. The standard InChI is InChI=1S/C12H15BrClNO2/c1-7(2)6-15-11(12(16)17)9-4-3-8(13)5-10(9)14/h3-5,7,11,15H,6H2,1-2H3,(H,16,17). The van der Waals surface area contributed by atoms with E-state index >= 15 is 0 Å². The predicted molar refractivity (Wildman–Crippen MR) is 72.4 cm³/mol. The third kappa shape index (κ3) is 4.30. The molecule has 0 heterocycles. The van der Waals surface area contributed by atoms with Crippen LogP contribution in [0.15, 0.2) is 22.7 Å². The van der Waals surface area contributed by atoms with E-state index in [0.29, 0.717) is 23.0 Å². The van der Waals surface area contributed by atoms with Crippen molar-refractivity contribution in [2.24, 2.45) is 5.92 Å². The zero-order valence-corrected chi connectivity index (χ0v) is 12.0. The highest BCUT2D eigenvalue weighted by Crippen LogP contribution is 2.26. The molecular weight excluding hydrogens is 305 g/mol. The molecule has 0 saturated carbocycles. The van der Waals surface area contributed by atoms with E-state index in [1.165, 1.54) is 0 Å². The first-order valence-corrected chi connectivity index (χ1v) is 6.50. The van der Waals surface area contributed by atoms with Crippen LogP contribution in [0.25, 0.3) is 0 Å². The molecule has 0 radical (unpaired) electrons. The van der Waals surface area contributed by atoms with Crippen LogP contribution < -0.4 is 5.32 Å². The number of carbonyl (C=O) groups is 1. The fourth-order valence-corrected chi connectivity index (χ4v) is 2.20. The van der Waals surface area contributed by atoms with E-state index in [2.05, 4.69) is 21.2 Å². The molecule has 0 aliphatic carbocycles. The molecule has 17 heavy (non-hydrogen) atoms. The van der Waals surface area contributed by atoms with Crippen LogP contribution >= 0.6 is 27.5 Å². The molecule has 94 valence electrons. The van der Waals surface area contributed by atoms with Crippen LogP contribution in [-0.4, -0.2) is 17.6 Å². The van der Waals surface area contributed by atoms with Gasteiger partial charge in [-0.25, -0.2) is 0 Å². The molecule has 1 atom stereocenters. The summed E-state index contributed by atoms with van der Waals surface area (Å²) < 4.78 is 0.833. The zero-order chi connectivity index (χ0) is 13.0. The van der Waals surface area contributed by atoms with Gasteiger partial charge in [0.25, 0.3) is 0 Å². The maximum atomic E-state index is 11.2. The van der Waals surface area contributed by atoms with Crippen LogP contribution in [0, 0.1) is 5.92 Å². The summed E-state index contributed by atoms with van der Waals surface area (Å²) >= 11 is 9.34. The highest BCUT2D eigenvalue weighted by Gasteiger charge is 2.21. The summed E-state index contributed by atoms with van der Waals surface area (Å²) in [5, 5.41) is 12.6. The second-order valence-corrected chi connectivity index (χ2v) is 5.56. The van der Waals surface area contributed by atoms with Crippen molar-refractivity contribution in [3.63, 3.8) is 0 Å². The van der Waals surface area contributed by atoms with E-state index in [9.17, 15) is 9.90 Å². The van der Waals surface area contributed by atoms with Crippen LogP contribution in [0.5, 0.6) is 0 Å². The molecule has 0 saturated heterocycles. The van der Waals surface area contributed by atoms with Crippen molar-refractivity contribution in [1.82, 2.24) is 5.32 Å². The number of hydrogen-bond donors (Lipinski definition) is 2. The Kier molecular flexibility index (Phi) is 5.43. The molecule has 3 nitrogen and oxygen atoms in total. The van der Waals surface area contributed by atoms with Gasteiger partial charge in [0.05, 0.1) is 0 Å². The predicted octanol–water partition coefficient (Wildman–Crippen LogP) is 3.47. The molecule has 0 aromatic heterocycles. The Morgan fingerprint density at radius 1 is 1.53 bits per heavy atom. The second-order valence-electron chi connectivity index (χ2n) is 4.24. The SMILES string of the molecule is CC(C)CNC(C(=O)O)c1ccc(Br)cc1Cl. The average Bonchev–Trinajstić information content (AvgIpc) is 2.20. The van der Waals surface area contributed by atoms with Crippen molar-refractivity contribution in [2.75, 3.05) is 6.54 Å². The molecule has 1 unspecified atom stereocenters. The van der Waals surface area contributed by atoms with E-state index in [1.807, 2.05) is 13.8 Å². The Balaban J connectivity index is 2.93. The molecule has 0 spiro atoms. The van der Waals surface area contributed by atoms with Gasteiger partial charge < -0.3 is 10.4 Å². The minimum atomic E-state index is -0.921. The molecule has 0 aliphatic rings. The van der Waals surface area contributed by atoms with E-state index in [4.69, 9.17) is 11.6 Å². The van der Waals surface area contributed by atoms with Crippen molar-refractivity contribution in [3.8, 4) is 0 Å². The molecule has 0 bridgehead atoms. The van der Waals surface area contributed by atoms with Crippen molar-refractivity contribution in [2.45, 2.75) is 19.9 Å². The Hall–Kier alpha value is -0.580. The highest BCUT2D eigenvalue weighted by molar-refractivity contribution is 9.10. The molecule has 1 aromatic carbocycles. The lowest BCUT2D eigenvalue weighted by molar-refractivity contribution is -0.139. The summed E-state index contributed by atoms with van der Waals surface area (Å²) in [6.45, 7) is 4.67. The minimum Gasteiger partial charge on any atom is -0.480 e. The van der Waals surface area contributed by atoms with Crippen LogP contribution in [0.1, 0.15) is 25.5 Å².